The van der Waals surface area contributed by atoms with Crippen LogP contribution in [0, 0.1) is 0 Å². The molecule has 1 nitrogen and oxygen atoms in total. The van der Waals surface area contributed by atoms with Crippen LogP contribution >= 0.6 is 0 Å². The Bertz CT molecular complexity index is 193. The minimum absolute atomic E-state index is 0.793. The van der Waals surface area contributed by atoms with E-state index < -0.39 is 11.7 Å². The van der Waals surface area contributed by atoms with Gasteiger partial charge in [0.25, 0.3) is 0 Å². The van der Waals surface area contributed by atoms with E-state index in [1.165, 1.54) is 0 Å². The van der Waals surface area contributed by atoms with Crippen molar-refractivity contribution in [1.29, 1.82) is 0 Å². The molecule has 0 atom stereocenters. The first kappa shape index (κ1) is 11.8. The second-order valence-corrected chi connectivity index (χ2v) is 2.31. The molecule has 0 radical (unpaired) electrons. The first-order valence-electron chi connectivity index (χ1n) is 3.57. The second-order valence-electron chi connectivity index (χ2n) is 2.31. The van der Waals surface area contributed by atoms with Gasteiger partial charge in [0.1, 0.15) is 0 Å². The lowest BCUT2D eigenvalue weighted by Gasteiger charge is -2.25. The summed E-state index contributed by atoms with van der Waals surface area (Å²) in [5, 5.41) is 0. The Labute approximate surface area is 76.7 Å². The predicted octanol–water partition coefficient (Wildman–Crippen LogP) is 3.08. The Kier molecular flexibility index (Phi) is 3.75. The predicted molar refractivity (Wildman–Crippen MR) is 49.6 cm³/mol. The summed E-state index contributed by atoms with van der Waals surface area (Å²) in [5.74, 6) is -4.84. The van der Waals surface area contributed by atoms with Crippen LogP contribution in [0.4, 0.5) is 8.78 Å². The van der Waals surface area contributed by atoms with E-state index in [-0.39, 0.29) is 0 Å². The summed E-state index contributed by atoms with van der Waals surface area (Å²) in [7, 11) is 0. The van der Waals surface area contributed by atoms with Crippen molar-refractivity contribution >= 4 is 0 Å². The van der Waals surface area contributed by atoms with Crippen LogP contribution in [0.5, 0.6) is 0 Å². The number of hydrogen-bond donors (Lipinski definition) is 0. The lowest BCUT2D eigenvalue weighted by molar-refractivity contribution is -0.181. The highest BCUT2D eigenvalue weighted by molar-refractivity contribution is 5.09. The molecule has 0 aliphatic heterocycles. The molecule has 0 aliphatic carbocycles. The average Bonchev–Trinajstić information content (AvgIpc) is 2.17. The van der Waals surface area contributed by atoms with Gasteiger partial charge in [-0.2, -0.15) is 0 Å². The molecule has 13 heavy (non-hydrogen) atoms. The lowest BCUT2D eigenvalue weighted by Crippen LogP contribution is -2.33. The van der Waals surface area contributed by atoms with Crippen LogP contribution in [0.3, 0.4) is 0 Å². The van der Waals surface area contributed by atoms with Crippen molar-refractivity contribution in [2.75, 3.05) is 0 Å². The van der Waals surface area contributed by atoms with Gasteiger partial charge in [0.05, 0.1) is 0 Å². The molecular formula is C10H12F2O. The third kappa shape index (κ3) is 2.95. The van der Waals surface area contributed by atoms with Crippen LogP contribution < -0.4 is 0 Å². The van der Waals surface area contributed by atoms with E-state index in [1.54, 1.807) is 0 Å². The quantitative estimate of drug-likeness (QED) is 0.579. The van der Waals surface area contributed by atoms with Crippen molar-refractivity contribution in [3.05, 3.63) is 50.6 Å². The van der Waals surface area contributed by atoms with Gasteiger partial charge in [-0.25, -0.2) is 8.78 Å². The maximum absolute atomic E-state index is 13.3. The van der Waals surface area contributed by atoms with Gasteiger partial charge in [0.2, 0.25) is 11.7 Å². The van der Waals surface area contributed by atoms with Gasteiger partial charge in [-0.15, -0.1) is 0 Å². The molecule has 3 heteroatoms. The first-order chi connectivity index (χ1) is 5.95. The largest absolute Gasteiger partial charge is 0.295 e. The van der Waals surface area contributed by atoms with Crippen LogP contribution in [-0.4, -0.2) is 11.7 Å². The summed E-state index contributed by atoms with van der Waals surface area (Å²) in [5.41, 5.74) is 0. The standard InChI is InChI=1S/C10H12F2O/c1-5-9(11,6-2)13-10(12,7-3)8-4/h5-8H,1-4H2. The normalized spacial score (nSPS) is 11.8. The highest BCUT2D eigenvalue weighted by atomic mass is 19.2. The molecule has 0 fully saturated rings. The van der Waals surface area contributed by atoms with Gasteiger partial charge in [0, 0.05) is 0 Å². The molecule has 0 saturated carbocycles. The summed E-state index contributed by atoms with van der Waals surface area (Å²) in [6.07, 6.45) is 3.17. The van der Waals surface area contributed by atoms with Gasteiger partial charge in [-0.1, -0.05) is 26.3 Å². The van der Waals surface area contributed by atoms with Crippen LogP contribution in [0.1, 0.15) is 0 Å². The molecule has 0 amide bonds. The van der Waals surface area contributed by atoms with Crippen LogP contribution in [0.25, 0.3) is 0 Å². The molecule has 0 saturated heterocycles. The molecule has 0 aromatic heterocycles. The second kappa shape index (κ2) is 4.14. The van der Waals surface area contributed by atoms with E-state index in [0.29, 0.717) is 0 Å². The smallest absolute Gasteiger partial charge is 0.250 e. The summed E-state index contributed by atoms with van der Waals surface area (Å²) in [4.78, 5) is 0. The third-order valence-corrected chi connectivity index (χ3v) is 1.43. The summed E-state index contributed by atoms with van der Waals surface area (Å²) < 4.78 is 31.1. The number of ether oxygens (including phenoxy) is 1. The van der Waals surface area contributed by atoms with Crippen molar-refractivity contribution in [2.24, 2.45) is 0 Å². The molecule has 0 aliphatic rings. The molecule has 0 spiro atoms. The molecular weight excluding hydrogens is 174 g/mol. The van der Waals surface area contributed by atoms with Crippen LogP contribution in [0.15, 0.2) is 50.6 Å². The zero-order chi connectivity index (χ0) is 10.5. The monoisotopic (exact) mass is 186 g/mol. The molecule has 0 heterocycles. The van der Waals surface area contributed by atoms with Gasteiger partial charge >= 0.3 is 0 Å². The fourth-order valence-corrected chi connectivity index (χ4v) is 0.573. The Morgan fingerprint density at radius 2 is 1.00 bits per heavy atom. The fourth-order valence-electron chi connectivity index (χ4n) is 0.573. The van der Waals surface area contributed by atoms with Crippen LogP contribution in [0.2, 0.25) is 0 Å². The summed E-state index contributed by atoms with van der Waals surface area (Å²) in [6.45, 7) is 12.6. The molecule has 0 unspecified atom stereocenters. The van der Waals surface area contributed by atoms with E-state index >= 15 is 0 Å². The Hall–Kier alpha value is -1.22. The van der Waals surface area contributed by atoms with Gasteiger partial charge < -0.3 is 0 Å². The lowest BCUT2D eigenvalue weighted by atomic mass is 10.2. The van der Waals surface area contributed by atoms with Crippen molar-refractivity contribution < 1.29 is 13.5 Å². The first-order valence-corrected chi connectivity index (χ1v) is 3.57. The number of alkyl halides is 2. The van der Waals surface area contributed by atoms with Crippen molar-refractivity contribution in [1.82, 2.24) is 0 Å². The summed E-state index contributed by atoms with van der Waals surface area (Å²) >= 11 is 0. The number of halogens is 2. The zero-order valence-electron chi connectivity index (χ0n) is 7.30. The van der Waals surface area contributed by atoms with E-state index in [9.17, 15) is 8.78 Å². The zero-order valence-corrected chi connectivity index (χ0v) is 7.30. The third-order valence-electron chi connectivity index (χ3n) is 1.43. The van der Waals surface area contributed by atoms with E-state index in [4.69, 9.17) is 0 Å². The van der Waals surface area contributed by atoms with Gasteiger partial charge in [-0.3, -0.25) is 4.74 Å². The number of rotatable bonds is 6. The topological polar surface area (TPSA) is 9.23 Å². The fraction of sp³-hybridized carbons (Fsp3) is 0.200. The SMILES string of the molecule is C=CC(F)(C=C)OC(F)(C=C)C=C. The highest BCUT2D eigenvalue weighted by Gasteiger charge is 2.34. The average molecular weight is 186 g/mol. The molecule has 0 bridgehead atoms. The van der Waals surface area contributed by atoms with Crippen molar-refractivity contribution in [3.63, 3.8) is 0 Å². The Morgan fingerprint density at radius 3 is 1.15 bits per heavy atom. The minimum atomic E-state index is -2.42. The molecule has 0 rings (SSSR count). The van der Waals surface area contributed by atoms with Crippen molar-refractivity contribution in [2.45, 2.75) is 11.7 Å². The van der Waals surface area contributed by atoms with E-state index in [2.05, 4.69) is 31.1 Å². The maximum Gasteiger partial charge on any atom is 0.250 e. The van der Waals surface area contributed by atoms with Crippen molar-refractivity contribution in [3.8, 4) is 0 Å². The molecule has 72 valence electrons. The van der Waals surface area contributed by atoms with Gasteiger partial charge in [-0.05, 0) is 24.3 Å². The Morgan fingerprint density at radius 1 is 0.769 bits per heavy atom. The Balaban J connectivity index is 4.74. The van der Waals surface area contributed by atoms with E-state index in [1.807, 2.05) is 0 Å². The highest BCUT2D eigenvalue weighted by Crippen LogP contribution is 2.27. The molecule has 0 aromatic rings. The maximum atomic E-state index is 13.3. The van der Waals surface area contributed by atoms with Gasteiger partial charge in [0.15, 0.2) is 0 Å². The minimum Gasteiger partial charge on any atom is -0.295 e. The van der Waals surface area contributed by atoms with E-state index in [0.717, 1.165) is 24.3 Å². The summed E-state index contributed by atoms with van der Waals surface area (Å²) in [6, 6.07) is 0. The molecule has 0 N–H and O–H groups in total. The van der Waals surface area contributed by atoms with Crippen LogP contribution in [-0.2, 0) is 4.74 Å². The molecule has 0 aromatic carbocycles. The number of hydrogen-bond acceptors (Lipinski definition) is 1.